The molecule has 0 aliphatic rings. The lowest BCUT2D eigenvalue weighted by Crippen LogP contribution is -2.23. The molecule has 1 amide bonds. The summed E-state index contributed by atoms with van der Waals surface area (Å²) in [7, 11) is 1.73. The molecule has 4 aromatic rings. The number of anilines is 1. The van der Waals surface area contributed by atoms with Gasteiger partial charge in [-0.15, -0.1) is 5.10 Å². The number of Topliss-reactive ketones (excluding diaryl/α,β-unsaturated/α-hetero) is 1. The van der Waals surface area contributed by atoms with Gasteiger partial charge in [-0.25, -0.2) is 4.68 Å². The zero-order valence-corrected chi connectivity index (χ0v) is 14.7. The van der Waals surface area contributed by atoms with E-state index in [1.165, 1.54) is 4.68 Å². The number of nitrogens with one attached hydrogen (secondary N) is 2. The fourth-order valence-corrected chi connectivity index (χ4v) is 3.08. The lowest BCUT2D eigenvalue weighted by Gasteiger charge is -2.07. The third-order valence-electron chi connectivity index (χ3n) is 4.33. The van der Waals surface area contributed by atoms with Gasteiger partial charge in [0.15, 0.2) is 5.82 Å². The Kier molecular flexibility index (Phi) is 4.00. The number of tetrazole rings is 1. The third kappa shape index (κ3) is 2.97. The minimum Gasteiger partial charge on any atom is -0.358 e. The van der Waals surface area contributed by atoms with Crippen LogP contribution in [-0.2, 0) is 11.8 Å². The van der Waals surface area contributed by atoms with Crippen molar-refractivity contribution in [3.8, 4) is 11.4 Å². The summed E-state index contributed by atoms with van der Waals surface area (Å²) in [5.41, 5.74) is 3.09. The normalized spacial score (nSPS) is 10.9. The zero-order valence-electron chi connectivity index (χ0n) is 14.7. The summed E-state index contributed by atoms with van der Waals surface area (Å²) in [5, 5.41) is 14.7. The molecule has 0 atom stereocenters. The van der Waals surface area contributed by atoms with Crippen molar-refractivity contribution in [2.45, 2.75) is 6.92 Å². The van der Waals surface area contributed by atoms with Gasteiger partial charge in [0.1, 0.15) is 0 Å². The number of H-pyrrole nitrogens is 1. The molecule has 0 spiro atoms. The Morgan fingerprint density at radius 3 is 2.70 bits per heavy atom. The molecule has 0 radical (unpaired) electrons. The molecule has 0 unspecified atom stereocenters. The number of fused-ring (bicyclic) bond motifs is 1. The van der Waals surface area contributed by atoms with Crippen LogP contribution >= 0.6 is 0 Å². The first kappa shape index (κ1) is 16.6. The minimum atomic E-state index is -0.698. The summed E-state index contributed by atoms with van der Waals surface area (Å²) >= 11 is 0. The van der Waals surface area contributed by atoms with Crippen LogP contribution in [0, 0.1) is 6.92 Å². The van der Waals surface area contributed by atoms with Gasteiger partial charge in [-0.1, -0.05) is 30.3 Å². The first-order valence-corrected chi connectivity index (χ1v) is 8.30. The summed E-state index contributed by atoms with van der Waals surface area (Å²) in [6.45, 7) is 1.78. The molecular formula is C19H16N6O2. The molecule has 0 aliphatic carbocycles. The molecule has 0 saturated carbocycles. The highest BCUT2D eigenvalue weighted by Crippen LogP contribution is 2.24. The Bertz CT molecular complexity index is 1170. The lowest BCUT2D eigenvalue weighted by molar-refractivity contribution is -0.112. The van der Waals surface area contributed by atoms with Crippen LogP contribution in [0.5, 0.6) is 0 Å². The van der Waals surface area contributed by atoms with Gasteiger partial charge in [0, 0.05) is 34.9 Å². The van der Waals surface area contributed by atoms with Crippen LogP contribution in [0.3, 0.4) is 0 Å². The minimum absolute atomic E-state index is 0.386. The first-order valence-electron chi connectivity index (χ1n) is 8.30. The Morgan fingerprint density at radius 1 is 1.11 bits per heavy atom. The average molecular weight is 360 g/mol. The van der Waals surface area contributed by atoms with Gasteiger partial charge in [0.2, 0.25) is 0 Å². The highest BCUT2D eigenvalue weighted by atomic mass is 16.2. The fraction of sp³-hybridized carbons (Fsp3) is 0.105. The highest BCUT2D eigenvalue weighted by molar-refractivity contribution is 6.48. The molecule has 2 aromatic heterocycles. The summed E-state index contributed by atoms with van der Waals surface area (Å²) in [4.78, 5) is 28.4. The van der Waals surface area contributed by atoms with Crippen LogP contribution in [0.25, 0.3) is 22.3 Å². The van der Waals surface area contributed by atoms with Gasteiger partial charge in [-0.05, 0) is 35.5 Å². The van der Waals surface area contributed by atoms with Crippen molar-refractivity contribution in [3.63, 3.8) is 0 Å². The van der Waals surface area contributed by atoms with Crippen LogP contribution in [-0.4, -0.2) is 36.9 Å². The second kappa shape index (κ2) is 6.49. The third-order valence-corrected chi connectivity index (χ3v) is 4.33. The maximum atomic E-state index is 12.7. The van der Waals surface area contributed by atoms with E-state index in [2.05, 4.69) is 25.8 Å². The number of amides is 1. The lowest BCUT2D eigenvalue weighted by atomic mass is 10.1. The average Bonchev–Trinajstić information content (AvgIpc) is 3.23. The number of aryl methyl sites for hydroxylation is 2. The van der Waals surface area contributed by atoms with E-state index < -0.39 is 11.7 Å². The van der Waals surface area contributed by atoms with E-state index in [9.17, 15) is 9.59 Å². The first-order chi connectivity index (χ1) is 13.0. The smallest absolute Gasteiger partial charge is 0.296 e. The standard InChI is InChI=1S/C19H16N6O2/c1-11-16(14-8-3-4-9-15(14)20-11)17(26)19(27)21-13-7-5-6-12(10-13)18-22-23-24-25(18)2/h3-10,20H,1-2H3,(H,21,27). The van der Waals surface area contributed by atoms with Crippen LogP contribution in [0.4, 0.5) is 5.69 Å². The fourth-order valence-electron chi connectivity index (χ4n) is 3.08. The van der Waals surface area contributed by atoms with E-state index in [-0.39, 0.29) is 0 Å². The van der Waals surface area contributed by atoms with E-state index in [4.69, 9.17) is 0 Å². The number of rotatable bonds is 4. The Balaban J connectivity index is 1.62. The molecule has 0 aliphatic heterocycles. The van der Waals surface area contributed by atoms with Gasteiger partial charge in [0.05, 0.1) is 5.56 Å². The molecule has 2 heterocycles. The van der Waals surface area contributed by atoms with Crippen LogP contribution in [0.15, 0.2) is 48.5 Å². The van der Waals surface area contributed by atoms with Gasteiger partial charge >= 0.3 is 0 Å². The molecule has 8 heteroatoms. The van der Waals surface area contributed by atoms with Crippen molar-refractivity contribution in [3.05, 3.63) is 59.8 Å². The Labute approximate surface area is 154 Å². The number of carbonyl (C=O) groups is 2. The summed E-state index contributed by atoms with van der Waals surface area (Å²) in [5.74, 6) is -0.725. The number of nitrogens with zero attached hydrogens (tertiary/aromatic N) is 4. The number of benzene rings is 2. The summed E-state index contributed by atoms with van der Waals surface area (Å²) in [6.07, 6.45) is 0. The van der Waals surface area contributed by atoms with Gasteiger partial charge in [-0.2, -0.15) is 0 Å². The number of ketones is 1. The van der Waals surface area contributed by atoms with E-state index >= 15 is 0 Å². The molecule has 134 valence electrons. The van der Waals surface area contributed by atoms with Gasteiger partial charge in [-0.3, -0.25) is 9.59 Å². The van der Waals surface area contributed by atoms with Gasteiger partial charge in [0.25, 0.3) is 11.7 Å². The number of aromatic nitrogens is 5. The number of hydrogen-bond acceptors (Lipinski definition) is 5. The van der Waals surface area contributed by atoms with Gasteiger partial charge < -0.3 is 10.3 Å². The Morgan fingerprint density at radius 2 is 1.93 bits per heavy atom. The monoisotopic (exact) mass is 360 g/mol. The van der Waals surface area contributed by atoms with Crippen LogP contribution in [0.2, 0.25) is 0 Å². The largest absolute Gasteiger partial charge is 0.358 e. The topological polar surface area (TPSA) is 106 Å². The summed E-state index contributed by atoms with van der Waals surface area (Å²) in [6, 6.07) is 14.4. The van der Waals surface area contributed by atoms with Crippen molar-refractivity contribution in [1.29, 1.82) is 0 Å². The van der Waals surface area contributed by atoms with E-state index in [0.717, 1.165) is 16.5 Å². The Hall–Kier alpha value is -3.81. The molecule has 0 bridgehead atoms. The molecule has 27 heavy (non-hydrogen) atoms. The maximum Gasteiger partial charge on any atom is 0.296 e. The van der Waals surface area contributed by atoms with E-state index in [1.54, 1.807) is 32.2 Å². The van der Waals surface area contributed by atoms with E-state index in [1.807, 2.05) is 30.3 Å². The predicted octanol–water partition coefficient (Wildman–Crippen LogP) is 2.49. The van der Waals surface area contributed by atoms with Crippen molar-refractivity contribution < 1.29 is 9.59 Å². The van der Waals surface area contributed by atoms with Crippen LogP contribution in [0.1, 0.15) is 16.1 Å². The number of aromatic amines is 1. The SMILES string of the molecule is Cc1[nH]c2ccccc2c1C(=O)C(=O)Nc1cccc(-c2nnnn2C)c1. The molecule has 0 fully saturated rings. The second-order valence-corrected chi connectivity index (χ2v) is 6.16. The number of para-hydroxylation sites is 1. The predicted molar refractivity (Wildman–Crippen MR) is 100 cm³/mol. The molecule has 4 rings (SSSR count). The molecule has 2 aromatic carbocycles. The van der Waals surface area contributed by atoms with Crippen LogP contribution < -0.4 is 5.32 Å². The van der Waals surface area contributed by atoms with Crippen molar-refractivity contribution in [2.75, 3.05) is 5.32 Å². The number of hydrogen-bond donors (Lipinski definition) is 2. The van der Waals surface area contributed by atoms with Crippen molar-refractivity contribution in [2.24, 2.45) is 7.05 Å². The molecular weight excluding hydrogens is 344 g/mol. The quantitative estimate of drug-likeness (QED) is 0.430. The highest BCUT2D eigenvalue weighted by Gasteiger charge is 2.22. The summed E-state index contributed by atoms with van der Waals surface area (Å²) < 4.78 is 1.53. The molecule has 8 nitrogen and oxygen atoms in total. The van der Waals surface area contributed by atoms with Crippen molar-refractivity contribution >= 4 is 28.3 Å². The molecule has 2 N–H and O–H groups in total. The zero-order chi connectivity index (χ0) is 19.0. The van der Waals surface area contributed by atoms with Crippen molar-refractivity contribution in [1.82, 2.24) is 25.2 Å². The van der Waals surface area contributed by atoms with E-state index in [0.29, 0.717) is 22.8 Å². The number of carbonyl (C=O) groups excluding carboxylic acids is 2. The maximum absolute atomic E-state index is 12.7. The molecule has 0 saturated heterocycles. The second-order valence-electron chi connectivity index (χ2n) is 6.16.